The summed E-state index contributed by atoms with van der Waals surface area (Å²) >= 11 is 5.99. The van der Waals surface area contributed by atoms with Gasteiger partial charge in [-0.3, -0.25) is 4.79 Å². The van der Waals surface area contributed by atoms with E-state index in [9.17, 15) is 4.79 Å². The number of benzene rings is 1. The van der Waals surface area contributed by atoms with Crippen LogP contribution in [0.1, 0.15) is 11.3 Å². The third kappa shape index (κ3) is 1.97. The monoisotopic (exact) mass is 310 g/mol. The van der Waals surface area contributed by atoms with Crippen LogP contribution in [0.2, 0.25) is 5.02 Å². The van der Waals surface area contributed by atoms with Gasteiger partial charge >= 0.3 is 0 Å². The van der Waals surface area contributed by atoms with Crippen LogP contribution in [-0.2, 0) is 0 Å². The first-order valence-electron chi connectivity index (χ1n) is 6.07. The maximum absolute atomic E-state index is 11.8. The van der Waals surface area contributed by atoms with E-state index in [-0.39, 0.29) is 22.6 Å². The molecule has 8 heteroatoms. The van der Waals surface area contributed by atoms with E-state index in [0.717, 1.165) is 0 Å². The van der Waals surface area contributed by atoms with Crippen LogP contribution < -0.4 is 11.3 Å². The van der Waals surface area contributed by atoms with Gasteiger partial charge in [0.2, 0.25) is 0 Å². The van der Waals surface area contributed by atoms with Gasteiger partial charge in [0.05, 0.1) is 11.2 Å². The average Bonchev–Trinajstić information content (AvgIpc) is 2.82. The Morgan fingerprint density at radius 3 is 2.68 bits per heavy atom. The molecule has 3 rings (SSSR count). The van der Waals surface area contributed by atoms with Crippen molar-refractivity contribution in [3.8, 4) is 17.8 Å². The van der Waals surface area contributed by atoms with E-state index < -0.39 is 0 Å². The average molecular weight is 311 g/mol. The molecular weight excluding hydrogens is 304 g/mol. The summed E-state index contributed by atoms with van der Waals surface area (Å²) in [4.78, 5) is 14.5. The van der Waals surface area contributed by atoms with E-state index in [1.807, 2.05) is 6.07 Å². The molecule has 22 heavy (non-hydrogen) atoms. The number of hydrogen-bond donors (Lipinski definition) is 2. The summed E-state index contributed by atoms with van der Waals surface area (Å²) in [7, 11) is 0. The number of nitrogen functional groups attached to an aromatic ring is 1. The highest BCUT2D eigenvalue weighted by atomic mass is 35.5. The molecule has 0 fully saturated rings. The Bertz CT molecular complexity index is 1050. The maximum Gasteiger partial charge on any atom is 0.250 e. The van der Waals surface area contributed by atoms with Crippen LogP contribution in [0.15, 0.2) is 29.1 Å². The van der Waals surface area contributed by atoms with Gasteiger partial charge in [0.15, 0.2) is 5.69 Å². The fourth-order valence-corrected chi connectivity index (χ4v) is 2.36. The van der Waals surface area contributed by atoms with Gasteiger partial charge < -0.3 is 10.7 Å². The number of fused-ring (bicyclic) bond motifs is 1. The van der Waals surface area contributed by atoms with Crippen molar-refractivity contribution in [3.05, 3.63) is 50.9 Å². The second kappa shape index (κ2) is 4.92. The third-order valence-corrected chi connectivity index (χ3v) is 3.39. The summed E-state index contributed by atoms with van der Waals surface area (Å²) in [5.74, 6) is -0.00840. The molecule has 0 saturated carbocycles. The van der Waals surface area contributed by atoms with E-state index in [1.54, 1.807) is 24.3 Å². The Kier molecular flexibility index (Phi) is 3.06. The summed E-state index contributed by atoms with van der Waals surface area (Å²) in [6, 6.07) is 9.85. The van der Waals surface area contributed by atoms with Gasteiger partial charge in [0.1, 0.15) is 23.5 Å². The largest absolute Gasteiger partial charge is 0.382 e. The molecule has 0 spiro atoms. The van der Waals surface area contributed by atoms with Gasteiger partial charge in [-0.1, -0.05) is 11.6 Å². The van der Waals surface area contributed by atoms with Crippen molar-refractivity contribution in [2.75, 3.05) is 5.73 Å². The molecule has 106 valence electrons. The lowest BCUT2D eigenvalue weighted by molar-refractivity contribution is 0.887. The smallest absolute Gasteiger partial charge is 0.250 e. The van der Waals surface area contributed by atoms with E-state index in [1.165, 1.54) is 10.7 Å². The minimum atomic E-state index is -0.364. The second-order valence-corrected chi connectivity index (χ2v) is 4.89. The number of nitrogens with zero attached hydrogens (tertiary/aromatic N) is 4. The van der Waals surface area contributed by atoms with Crippen molar-refractivity contribution in [1.82, 2.24) is 14.8 Å². The second-order valence-electron chi connectivity index (χ2n) is 4.45. The Hall–Kier alpha value is -3.29. The zero-order valence-corrected chi connectivity index (χ0v) is 11.7. The molecule has 0 unspecified atom stereocenters. The Labute approximate surface area is 128 Å². The van der Waals surface area contributed by atoms with Gasteiger partial charge in [0.25, 0.3) is 5.56 Å². The number of H-pyrrole nitrogens is 1. The fraction of sp³-hybridized carbons (Fsp3) is 0. The number of aromatic nitrogens is 3. The number of hydrogen-bond acceptors (Lipinski definition) is 5. The van der Waals surface area contributed by atoms with Crippen LogP contribution in [0, 0.1) is 22.7 Å². The number of nitrogens with two attached hydrogens (primary N) is 1. The van der Waals surface area contributed by atoms with Crippen LogP contribution in [0.3, 0.4) is 0 Å². The summed E-state index contributed by atoms with van der Waals surface area (Å²) in [5.41, 5.74) is 6.27. The number of nitriles is 2. The SMILES string of the molecule is N#Cc1nn(-c2cc(=O)[nH]c3ccc(Cl)cc23)c(N)c1C#N. The number of aromatic amines is 1. The van der Waals surface area contributed by atoms with Crippen molar-refractivity contribution >= 4 is 28.3 Å². The minimum absolute atomic E-state index is 0.00840. The molecule has 3 aromatic rings. The standard InChI is InChI=1S/C14H7ClN6O/c15-7-1-2-10-8(3-7)12(4-13(22)19-10)21-14(18)9(5-16)11(6-17)20-21/h1-4H,18H2,(H,19,22). The highest BCUT2D eigenvalue weighted by molar-refractivity contribution is 6.31. The lowest BCUT2D eigenvalue weighted by Gasteiger charge is -2.08. The Balaban J connectivity index is 2.44. The van der Waals surface area contributed by atoms with E-state index >= 15 is 0 Å². The molecule has 0 bridgehead atoms. The maximum atomic E-state index is 11.8. The molecule has 0 radical (unpaired) electrons. The van der Waals surface area contributed by atoms with Crippen LogP contribution in [0.5, 0.6) is 0 Å². The Morgan fingerprint density at radius 2 is 2.05 bits per heavy atom. The number of halogens is 1. The fourth-order valence-electron chi connectivity index (χ4n) is 2.19. The first kappa shape index (κ1) is 13.7. The summed E-state index contributed by atoms with van der Waals surface area (Å²) in [6.45, 7) is 0. The zero-order valence-electron chi connectivity index (χ0n) is 11.0. The minimum Gasteiger partial charge on any atom is -0.382 e. The number of pyridine rings is 1. The predicted octanol–water partition coefficient (Wildman–Crippen LogP) is 1.69. The molecular formula is C14H7ClN6O. The number of nitrogens with one attached hydrogen (secondary N) is 1. The van der Waals surface area contributed by atoms with Crippen LogP contribution in [0.25, 0.3) is 16.6 Å². The third-order valence-electron chi connectivity index (χ3n) is 3.15. The van der Waals surface area contributed by atoms with Crippen molar-refractivity contribution < 1.29 is 0 Å². The van der Waals surface area contributed by atoms with Crippen molar-refractivity contribution in [2.24, 2.45) is 0 Å². The van der Waals surface area contributed by atoms with Gasteiger partial charge in [-0.05, 0) is 18.2 Å². The first-order valence-corrected chi connectivity index (χ1v) is 6.44. The van der Waals surface area contributed by atoms with Gasteiger partial charge in [-0.15, -0.1) is 0 Å². The summed E-state index contributed by atoms with van der Waals surface area (Å²) < 4.78 is 1.20. The lowest BCUT2D eigenvalue weighted by atomic mass is 10.2. The van der Waals surface area contributed by atoms with E-state index in [0.29, 0.717) is 21.6 Å². The van der Waals surface area contributed by atoms with E-state index in [4.69, 9.17) is 27.9 Å². The topological polar surface area (TPSA) is 124 Å². The van der Waals surface area contributed by atoms with E-state index in [2.05, 4.69) is 10.1 Å². The normalized spacial score (nSPS) is 10.3. The molecule has 0 amide bonds. The van der Waals surface area contributed by atoms with Crippen molar-refractivity contribution in [3.63, 3.8) is 0 Å². The highest BCUT2D eigenvalue weighted by Crippen LogP contribution is 2.26. The summed E-state index contributed by atoms with van der Waals surface area (Å²) in [5, 5.41) is 23.2. The first-order chi connectivity index (χ1) is 10.5. The van der Waals surface area contributed by atoms with Crippen LogP contribution in [0.4, 0.5) is 5.82 Å². The zero-order chi connectivity index (χ0) is 15.9. The Morgan fingerprint density at radius 1 is 1.27 bits per heavy atom. The van der Waals surface area contributed by atoms with Crippen molar-refractivity contribution in [1.29, 1.82) is 10.5 Å². The van der Waals surface area contributed by atoms with Gasteiger partial charge in [-0.2, -0.15) is 15.6 Å². The molecule has 1 aromatic carbocycles. The molecule has 2 heterocycles. The predicted molar refractivity (Wildman–Crippen MR) is 80.5 cm³/mol. The van der Waals surface area contributed by atoms with Crippen LogP contribution in [-0.4, -0.2) is 14.8 Å². The molecule has 0 saturated heterocycles. The van der Waals surface area contributed by atoms with Crippen molar-refractivity contribution in [2.45, 2.75) is 0 Å². The van der Waals surface area contributed by atoms with Gasteiger partial charge in [-0.25, -0.2) is 4.68 Å². The quantitative estimate of drug-likeness (QED) is 0.707. The lowest BCUT2D eigenvalue weighted by Crippen LogP contribution is -2.11. The van der Waals surface area contributed by atoms with Crippen LogP contribution >= 0.6 is 11.6 Å². The van der Waals surface area contributed by atoms with Gasteiger partial charge in [0, 0.05) is 16.5 Å². The highest BCUT2D eigenvalue weighted by Gasteiger charge is 2.18. The molecule has 0 aliphatic carbocycles. The number of anilines is 1. The molecule has 3 N–H and O–H groups in total. The summed E-state index contributed by atoms with van der Waals surface area (Å²) in [6.07, 6.45) is 0. The number of rotatable bonds is 1. The molecule has 0 aliphatic heterocycles. The molecule has 7 nitrogen and oxygen atoms in total. The molecule has 0 aliphatic rings. The molecule has 0 atom stereocenters. The molecule has 2 aromatic heterocycles.